The number of rotatable bonds is 7. The van der Waals surface area contributed by atoms with Crippen LogP contribution in [0.15, 0.2) is 52.7 Å². The zero-order valence-corrected chi connectivity index (χ0v) is 17.7. The lowest BCUT2D eigenvalue weighted by molar-refractivity contribution is -0.117. The summed E-state index contributed by atoms with van der Waals surface area (Å²) in [4.78, 5) is 24.3. The molecule has 10 heteroatoms. The number of hydrogen-bond acceptors (Lipinski definition) is 5. The quantitative estimate of drug-likeness (QED) is 0.383. The smallest absolute Gasteiger partial charge is 0.283 e. The van der Waals surface area contributed by atoms with Crippen LogP contribution in [-0.2, 0) is 11.3 Å². The Balaban J connectivity index is 1.72. The van der Waals surface area contributed by atoms with Gasteiger partial charge in [-0.05, 0) is 30.7 Å². The molecule has 2 aromatic carbocycles. The molecular formula is C21H17Cl2N5O3. The topological polar surface area (TPSA) is 120 Å². The first kappa shape index (κ1) is 22.3. The Labute approximate surface area is 187 Å². The molecule has 0 spiro atoms. The molecule has 0 bridgehead atoms. The van der Waals surface area contributed by atoms with Gasteiger partial charge in [-0.15, -0.1) is 10.2 Å². The predicted octanol–water partition coefficient (Wildman–Crippen LogP) is 5.00. The summed E-state index contributed by atoms with van der Waals surface area (Å²) in [5.41, 5.74) is 1.03. The lowest BCUT2D eigenvalue weighted by Crippen LogP contribution is -2.28. The number of halogens is 2. The number of aromatic nitrogens is 1. The average Bonchev–Trinajstić information content (AvgIpc) is 3.02. The van der Waals surface area contributed by atoms with E-state index in [1.807, 2.05) is 6.07 Å². The SMILES string of the molecule is N#CCCCn1c(O)c(N=NC(=O)CNC(=O)c2ccc(Cl)cc2Cl)c2ccccc21. The molecule has 8 nitrogen and oxygen atoms in total. The molecule has 0 aliphatic carbocycles. The zero-order valence-electron chi connectivity index (χ0n) is 16.2. The van der Waals surface area contributed by atoms with Crippen molar-refractivity contribution < 1.29 is 14.7 Å². The predicted molar refractivity (Wildman–Crippen MR) is 117 cm³/mol. The van der Waals surface area contributed by atoms with Crippen molar-refractivity contribution in [3.63, 3.8) is 0 Å². The molecule has 0 fully saturated rings. The van der Waals surface area contributed by atoms with Gasteiger partial charge in [0.25, 0.3) is 11.8 Å². The number of carbonyl (C=O) groups is 2. The maximum atomic E-state index is 12.2. The van der Waals surface area contributed by atoms with Crippen LogP contribution in [0.25, 0.3) is 10.9 Å². The highest BCUT2D eigenvalue weighted by Crippen LogP contribution is 2.38. The van der Waals surface area contributed by atoms with Gasteiger partial charge in [-0.1, -0.05) is 41.4 Å². The third-order valence-corrected chi connectivity index (χ3v) is 4.97. The number of aryl methyl sites for hydroxylation is 1. The van der Waals surface area contributed by atoms with Gasteiger partial charge < -0.3 is 15.0 Å². The number of fused-ring (bicyclic) bond motifs is 1. The number of amides is 2. The highest BCUT2D eigenvalue weighted by Gasteiger charge is 2.17. The second kappa shape index (κ2) is 10.1. The van der Waals surface area contributed by atoms with E-state index in [1.54, 1.807) is 22.8 Å². The molecular weight excluding hydrogens is 441 g/mol. The lowest BCUT2D eigenvalue weighted by Gasteiger charge is -2.05. The summed E-state index contributed by atoms with van der Waals surface area (Å²) in [6.07, 6.45) is 0.899. The van der Waals surface area contributed by atoms with E-state index in [1.165, 1.54) is 18.2 Å². The number of hydrogen-bond donors (Lipinski definition) is 2. The number of nitrogens with one attached hydrogen (secondary N) is 1. The van der Waals surface area contributed by atoms with Gasteiger partial charge in [0.15, 0.2) is 5.69 Å². The van der Waals surface area contributed by atoms with Crippen LogP contribution in [-0.4, -0.2) is 28.0 Å². The van der Waals surface area contributed by atoms with Gasteiger partial charge in [-0.2, -0.15) is 5.26 Å². The van der Waals surface area contributed by atoms with Crippen LogP contribution in [0.4, 0.5) is 5.69 Å². The van der Waals surface area contributed by atoms with E-state index in [-0.39, 0.29) is 22.2 Å². The first-order valence-electron chi connectivity index (χ1n) is 9.27. The first-order valence-corrected chi connectivity index (χ1v) is 10.0. The Kier molecular flexibility index (Phi) is 7.23. The molecule has 3 rings (SSSR count). The summed E-state index contributed by atoms with van der Waals surface area (Å²) in [6, 6.07) is 13.6. The van der Waals surface area contributed by atoms with Gasteiger partial charge in [0.05, 0.1) is 22.2 Å². The number of azo groups is 1. The number of carbonyl (C=O) groups excluding carboxylic acids is 2. The molecule has 2 N–H and O–H groups in total. The zero-order chi connectivity index (χ0) is 22.4. The van der Waals surface area contributed by atoms with Crippen molar-refractivity contribution in [3.8, 4) is 11.9 Å². The molecule has 158 valence electrons. The van der Waals surface area contributed by atoms with E-state index < -0.39 is 18.4 Å². The fourth-order valence-corrected chi connectivity index (χ4v) is 3.47. The number of para-hydroxylation sites is 1. The van der Waals surface area contributed by atoms with Crippen molar-refractivity contribution in [3.05, 3.63) is 58.1 Å². The molecule has 0 aliphatic heterocycles. The van der Waals surface area contributed by atoms with Crippen LogP contribution in [0.3, 0.4) is 0 Å². The minimum Gasteiger partial charge on any atom is -0.493 e. The van der Waals surface area contributed by atoms with Crippen LogP contribution in [0.2, 0.25) is 10.0 Å². The first-order chi connectivity index (χ1) is 14.9. The van der Waals surface area contributed by atoms with E-state index in [0.717, 1.165) is 0 Å². The van der Waals surface area contributed by atoms with Crippen LogP contribution in [0.5, 0.6) is 5.88 Å². The van der Waals surface area contributed by atoms with Gasteiger partial charge in [-0.25, -0.2) is 0 Å². The molecule has 0 atom stereocenters. The molecule has 0 saturated carbocycles. The third-order valence-electron chi connectivity index (χ3n) is 4.43. The second-order valence-electron chi connectivity index (χ2n) is 6.50. The number of unbranched alkanes of at least 4 members (excludes halogenated alkanes) is 1. The van der Waals surface area contributed by atoms with Gasteiger partial charge >= 0.3 is 0 Å². The van der Waals surface area contributed by atoms with Gasteiger partial charge in [0.1, 0.15) is 6.54 Å². The standard InChI is InChI=1S/C21H17Cl2N5O3/c22-13-7-8-14(16(23)11-13)20(30)25-12-18(29)26-27-19-15-5-1-2-6-17(15)28(21(19)31)10-4-3-9-24/h1-2,5-8,11,31H,3-4,10,12H2,(H,25,30). The van der Waals surface area contributed by atoms with Crippen molar-refractivity contribution in [2.75, 3.05) is 6.54 Å². The fraction of sp³-hybridized carbons (Fsp3) is 0.190. The lowest BCUT2D eigenvalue weighted by atomic mass is 10.2. The molecule has 2 amide bonds. The summed E-state index contributed by atoms with van der Waals surface area (Å²) in [6.45, 7) is 0.0180. The van der Waals surface area contributed by atoms with Crippen LogP contribution in [0, 0.1) is 11.3 Å². The van der Waals surface area contributed by atoms with Crippen LogP contribution < -0.4 is 5.32 Å². The molecule has 0 radical (unpaired) electrons. The Bertz CT molecular complexity index is 1210. The molecule has 0 saturated heterocycles. The Hall–Kier alpha value is -3.41. The summed E-state index contributed by atoms with van der Waals surface area (Å²) in [5, 5.41) is 30.4. The number of aromatic hydroxyl groups is 1. The van der Waals surface area contributed by atoms with Gasteiger partial charge in [0.2, 0.25) is 5.88 Å². The fourth-order valence-electron chi connectivity index (χ4n) is 2.98. The van der Waals surface area contributed by atoms with Crippen molar-refractivity contribution in [1.82, 2.24) is 9.88 Å². The molecule has 0 unspecified atom stereocenters. The summed E-state index contributed by atoms with van der Waals surface area (Å²) in [5.74, 6) is -1.41. The molecule has 31 heavy (non-hydrogen) atoms. The molecule has 0 aliphatic rings. The highest BCUT2D eigenvalue weighted by molar-refractivity contribution is 6.36. The second-order valence-corrected chi connectivity index (χ2v) is 7.35. The third kappa shape index (κ3) is 5.20. The van der Waals surface area contributed by atoms with E-state index in [0.29, 0.717) is 35.3 Å². The molecule has 1 aromatic heterocycles. The number of nitriles is 1. The van der Waals surface area contributed by atoms with Gasteiger partial charge in [-0.3, -0.25) is 9.59 Å². The largest absolute Gasteiger partial charge is 0.493 e. The maximum Gasteiger partial charge on any atom is 0.283 e. The highest BCUT2D eigenvalue weighted by atomic mass is 35.5. The minimum absolute atomic E-state index is 0.146. The van der Waals surface area contributed by atoms with E-state index in [4.69, 9.17) is 28.5 Å². The maximum absolute atomic E-state index is 12.2. The van der Waals surface area contributed by atoms with Crippen LogP contribution >= 0.6 is 23.2 Å². The van der Waals surface area contributed by atoms with E-state index in [2.05, 4.69) is 21.6 Å². The molecule has 3 aromatic rings. The monoisotopic (exact) mass is 457 g/mol. The van der Waals surface area contributed by atoms with Crippen LogP contribution in [0.1, 0.15) is 23.2 Å². The Morgan fingerprint density at radius 3 is 2.71 bits per heavy atom. The molecule has 1 heterocycles. The number of nitrogens with zero attached hydrogens (tertiary/aromatic N) is 4. The normalized spacial score (nSPS) is 11.0. The van der Waals surface area contributed by atoms with Crippen molar-refractivity contribution in [2.45, 2.75) is 19.4 Å². The summed E-state index contributed by atoms with van der Waals surface area (Å²) in [7, 11) is 0. The Morgan fingerprint density at radius 1 is 1.19 bits per heavy atom. The summed E-state index contributed by atoms with van der Waals surface area (Å²) < 4.78 is 1.62. The van der Waals surface area contributed by atoms with Crippen molar-refractivity contribution in [1.29, 1.82) is 5.26 Å². The van der Waals surface area contributed by atoms with E-state index >= 15 is 0 Å². The minimum atomic E-state index is -0.709. The van der Waals surface area contributed by atoms with E-state index in [9.17, 15) is 14.7 Å². The Morgan fingerprint density at radius 2 is 1.97 bits per heavy atom. The van der Waals surface area contributed by atoms with Crippen molar-refractivity contribution >= 4 is 51.6 Å². The van der Waals surface area contributed by atoms with Gasteiger partial charge in [0, 0.05) is 23.4 Å². The van der Waals surface area contributed by atoms with Crippen molar-refractivity contribution in [2.24, 2.45) is 10.2 Å². The summed E-state index contributed by atoms with van der Waals surface area (Å²) >= 11 is 11.8. The number of benzene rings is 2. The average molecular weight is 458 g/mol.